The lowest BCUT2D eigenvalue weighted by atomic mass is 9.97. The summed E-state index contributed by atoms with van der Waals surface area (Å²) in [6, 6.07) is 86.4. The lowest BCUT2D eigenvalue weighted by Gasteiger charge is -2.11. The number of rotatable bonds is 20. The van der Waals surface area contributed by atoms with E-state index < -0.39 is 0 Å². The van der Waals surface area contributed by atoms with E-state index in [1.165, 1.54) is 11.1 Å². The second-order valence-electron chi connectivity index (χ2n) is 28.6. The molecular formula is C105H80N20. The molecule has 0 radical (unpaired) electrons. The maximum atomic E-state index is 4.75. The molecule has 0 aliphatic rings. The maximum Gasteiger partial charge on any atom is 0.0752 e. The SMILES string of the molecule is c1cncc(-c2cc(Cc3ccnc(-c4cccnc4)c3)ccn2)c1.c1cncc(-c2ccc(Cc3ccc(-c4cccnc4)nc3)cn2)c1.c1cncc(-c2ccc(Cc3cccc(-c4cccnc4)n3)cn2)c1.c1cncc(-c2cccc(Cc3cccc(-c4cccnc4)n3)n2)c1.c1cncc(-c2ncccc2Cc2cccnc2-c2cccnc2)c1. The van der Waals surface area contributed by atoms with E-state index in [0.717, 1.165) is 183 Å². The van der Waals surface area contributed by atoms with Crippen LogP contribution in [0.3, 0.4) is 0 Å². The highest BCUT2D eigenvalue weighted by atomic mass is 14.8. The van der Waals surface area contributed by atoms with Crippen LogP contribution in [0.5, 0.6) is 0 Å². The van der Waals surface area contributed by atoms with E-state index >= 15 is 0 Å². The average Bonchev–Trinajstić information content (AvgIpc) is 0.828. The summed E-state index contributed by atoms with van der Waals surface area (Å²) >= 11 is 0. The first kappa shape index (κ1) is 81.7. The average molecular weight is 1620 g/mol. The molecule has 20 aromatic rings. The second kappa shape index (κ2) is 42.6. The molecule has 0 amide bonds. The smallest absolute Gasteiger partial charge is 0.0752 e. The van der Waals surface area contributed by atoms with Gasteiger partial charge in [-0.3, -0.25) is 99.7 Å². The lowest BCUT2D eigenvalue weighted by molar-refractivity contribution is 1.02. The first-order chi connectivity index (χ1) is 61.9. The van der Waals surface area contributed by atoms with Crippen LogP contribution in [-0.4, -0.2) is 99.7 Å². The van der Waals surface area contributed by atoms with Gasteiger partial charge in [-0.2, -0.15) is 0 Å². The van der Waals surface area contributed by atoms with Crippen LogP contribution >= 0.6 is 0 Å². The van der Waals surface area contributed by atoms with Crippen LogP contribution in [0.15, 0.2) is 428 Å². The van der Waals surface area contributed by atoms with Crippen molar-refractivity contribution < 1.29 is 0 Å². The number of pyridine rings is 20. The van der Waals surface area contributed by atoms with Crippen molar-refractivity contribution in [2.24, 2.45) is 0 Å². The molecule has 125 heavy (non-hydrogen) atoms. The van der Waals surface area contributed by atoms with Gasteiger partial charge in [-0.05, 0) is 258 Å². The fourth-order valence-corrected chi connectivity index (χ4v) is 13.7. The summed E-state index contributed by atoms with van der Waals surface area (Å²) in [6.45, 7) is 0. The van der Waals surface area contributed by atoms with Crippen molar-refractivity contribution in [1.82, 2.24) is 99.7 Å². The zero-order valence-electron chi connectivity index (χ0n) is 67.9. The molecule has 0 saturated heterocycles. The Morgan fingerprint density at radius 3 is 0.720 bits per heavy atom. The molecule has 20 aromatic heterocycles. The maximum absolute atomic E-state index is 4.75. The third-order valence-electron chi connectivity index (χ3n) is 19.8. The molecule has 0 fully saturated rings. The van der Waals surface area contributed by atoms with Gasteiger partial charge in [0.25, 0.3) is 0 Å². The Bertz CT molecular complexity index is 6210. The second-order valence-corrected chi connectivity index (χ2v) is 28.6. The Kier molecular flexibility index (Phi) is 27.9. The molecule has 0 unspecified atom stereocenters. The molecule has 600 valence electrons. The molecule has 0 atom stereocenters. The van der Waals surface area contributed by atoms with Crippen molar-refractivity contribution in [2.45, 2.75) is 32.1 Å². The summed E-state index contributed by atoms with van der Waals surface area (Å²) in [5.74, 6) is 0. The van der Waals surface area contributed by atoms with Gasteiger partial charge in [0.1, 0.15) is 0 Å². The third kappa shape index (κ3) is 23.3. The minimum atomic E-state index is 0.683. The van der Waals surface area contributed by atoms with Crippen LogP contribution in [-0.2, 0) is 32.1 Å². The van der Waals surface area contributed by atoms with Crippen molar-refractivity contribution in [3.8, 4) is 113 Å². The largest absolute Gasteiger partial charge is 0.264 e. The Balaban J connectivity index is 0.000000115. The molecule has 0 N–H and O–H groups in total. The fraction of sp³-hybridized carbons (Fsp3) is 0.0476. The van der Waals surface area contributed by atoms with Crippen LogP contribution in [0.25, 0.3) is 113 Å². The van der Waals surface area contributed by atoms with E-state index in [0.29, 0.717) is 6.42 Å². The summed E-state index contributed by atoms with van der Waals surface area (Å²) in [7, 11) is 0. The first-order valence-corrected chi connectivity index (χ1v) is 40.5. The van der Waals surface area contributed by atoms with Gasteiger partial charge in [0.15, 0.2) is 0 Å². The summed E-state index contributed by atoms with van der Waals surface area (Å²) in [5.41, 5.74) is 30.7. The van der Waals surface area contributed by atoms with Crippen LogP contribution in [0.2, 0.25) is 0 Å². The van der Waals surface area contributed by atoms with E-state index in [2.05, 4.69) is 127 Å². The summed E-state index contributed by atoms with van der Waals surface area (Å²) in [6.07, 6.45) is 52.8. The van der Waals surface area contributed by atoms with Gasteiger partial charge in [0.05, 0.1) is 56.9 Å². The molecular weight excluding hydrogens is 1540 g/mol. The molecule has 20 heterocycles. The number of hydrogen-bond acceptors (Lipinski definition) is 20. The number of hydrogen-bond donors (Lipinski definition) is 0. The predicted octanol–water partition coefficient (Wildman–Crippen LogP) is 21.0. The number of aromatic nitrogens is 20. The molecule has 0 bridgehead atoms. The topological polar surface area (TPSA) is 258 Å². The highest BCUT2D eigenvalue weighted by Gasteiger charge is 2.15. The van der Waals surface area contributed by atoms with Gasteiger partial charge >= 0.3 is 0 Å². The standard InChI is InChI=1S/5C21H16N4/c1-7-18(24-20(9-1)16-5-3-11-22-14-16)13-19-8-2-10-21(25-19)17-6-4-12-23-15-17;1-7-18(14-22-9-1)20-16(5-3-11-24-20)13-17-6-4-12-25-21(17)19-8-2-10-23-15-19;1-6-19(25-21(7-1)18-5-3-11-23-15-18)12-16-8-9-20(24-13-16)17-4-2-10-22-14-17;1-3-18(14-22-9-1)20-7-5-16(12-24-20)11-17-6-8-21(25-13-17)19-4-2-10-23-15-19;1-3-18(14-22-7-1)20-12-16(5-9-24-20)11-17-6-10-25-21(13-17)19-4-2-8-23-15-19/h2*1-12,14-15H,13H2;1-11,13-15H,12H2;2*1-10,12-15H,11H2. The molecule has 0 aromatic carbocycles. The fourth-order valence-electron chi connectivity index (χ4n) is 13.7. The highest BCUT2D eigenvalue weighted by molar-refractivity contribution is 5.68. The highest BCUT2D eigenvalue weighted by Crippen LogP contribution is 2.30. The van der Waals surface area contributed by atoms with Crippen molar-refractivity contribution in [3.63, 3.8) is 0 Å². The minimum Gasteiger partial charge on any atom is -0.264 e. The van der Waals surface area contributed by atoms with Crippen molar-refractivity contribution in [3.05, 3.63) is 484 Å². The van der Waals surface area contributed by atoms with Gasteiger partial charge in [-0.25, -0.2) is 0 Å². The van der Waals surface area contributed by atoms with Crippen LogP contribution in [0, 0.1) is 0 Å². The Labute approximate surface area is 724 Å². The van der Waals surface area contributed by atoms with Crippen LogP contribution in [0.4, 0.5) is 0 Å². The normalized spacial score (nSPS) is 10.6. The monoisotopic (exact) mass is 1620 g/mol. The van der Waals surface area contributed by atoms with Crippen LogP contribution in [0.1, 0.15) is 56.0 Å². The first-order valence-electron chi connectivity index (χ1n) is 40.5. The predicted molar refractivity (Wildman–Crippen MR) is 489 cm³/mol. The van der Waals surface area contributed by atoms with Crippen LogP contribution < -0.4 is 0 Å². The van der Waals surface area contributed by atoms with Gasteiger partial charge in [-0.15, -0.1) is 0 Å². The Morgan fingerprint density at radius 2 is 0.424 bits per heavy atom. The van der Waals surface area contributed by atoms with E-state index in [1.807, 2.05) is 324 Å². The van der Waals surface area contributed by atoms with Gasteiger partial charge in [-0.1, -0.05) is 48.5 Å². The molecule has 0 spiro atoms. The van der Waals surface area contributed by atoms with E-state index in [4.69, 9.17) is 15.0 Å². The van der Waals surface area contributed by atoms with Crippen molar-refractivity contribution in [1.29, 1.82) is 0 Å². The number of nitrogens with zero attached hydrogens (tertiary/aromatic N) is 20. The Hall–Kier alpha value is -17.0. The molecule has 0 aliphatic carbocycles. The van der Waals surface area contributed by atoms with Gasteiger partial charge < -0.3 is 0 Å². The zero-order chi connectivity index (χ0) is 84.5. The van der Waals surface area contributed by atoms with E-state index in [-0.39, 0.29) is 0 Å². The molecule has 0 aliphatic heterocycles. The molecule has 20 heteroatoms. The molecule has 0 saturated carbocycles. The summed E-state index contributed by atoms with van der Waals surface area (Å²) in [5, 5.41) is 0. The van der Waals surface area contributed by atoms with E-state index in [1.54, 1.807) is 62.0 Å². The quantitative estimate of drug-likeness (QED) is 0.0687. The Morgan fingerprint density at radius 1 is 0.152 bits per heavy atom. The summed E-state index contributed by atoms with van der Waals surface area (Å²) in [4.78, 5) is 87.6. The van der Waals surface area contributed by atoms with Crippen molar-refractivity contribution in [2.75, 3.05) is 0 Å². The zero-order valence-corrected chi connectivity index (χ0v) is 67.9. The molecule has 20 nitrogen and oxygen atoms in total. The van der Waals surface area contributed by atoms with E-state index in [9.17, 15) is 0 Å². The van der Waals surface area contributed by atoms with Gasteiger partial charge in [0, 0.05) is 266 Å². The van der Waals surface area contributed by atoms with Crippen molar-refractivity contribution >= 4 is 0 Å². The molecule has 20 rings (SSSR count). The summed E-state index contributed by atoms with van der Waals surface area (Å²) < 4.78 is 0. The lowest BCUT2D eigenvalue weighted by Crippen LogP contribution is -1.98. The minimum absolute atomic E-state index is 0.683. The third-order valence-corrected chi connectivity index (χ3v) is 19.8. The van der Waals surface area contributed by atoms with Gasteiger partial charge in [0.2, 0.25) is 0 Å².